The molecule has 0 rings (SSSR count). The fourth-order valence-electron chi connectivity index (χ4n) is 2.98. The predicted octanol–water partition coefficient (Wildman–Crippen LogP) is -0.101. The lowest BCUT2D eigenvalue weighted by molar-refractivity contribution is -0.144. The molecule has 0 aliphatic rings. The van der Waals surface area contributed by atoms with E-state index >= 15 is 0 Å². The standard InChI is InChI=1S/C20H36N6O6.C6H15N.C2H6/c1-7-21-9-8-16(28)23(3)13-18(30)25(5)15-20(32)26(6)14-19(31)24(4)12-17(29)22(2)10-11-27;1-3-4-5-6-7-2;1-2/h11,21H,7-10,12-15H2,1-6H3;7H,3-6H2,1-2H3;1-2H3. The summed E-state index contributed by atoms with van der Waals surface area (Å²) in [6.07, 6.45) is 4.86. The van der Waals surface area contributed by atoms with Crippen molar-refractivity contribution in [1.82, 2.24) is 35.1 Å². The van der Waals surface area contributed by atoms with E-state index in [-0.39, 0.29) is 45.1 Å². The summed E-state index contributed by atoms with van der Waals surface area (Å²) in [5.74, 6) is -1.92. The second kappa shape index (κ2) is 27.1. The van der Waals surface area contributed by atoms with Crippen LogP contribution in [0.4, 0.5) is 0 Å². The summed E-state index contributed by atoms with van der Waals surface area (Å²) in [5.41, 5.74) is 0. The van der Waals surface area contributed by atoms with E-state index in [1.807, 2.05) is 27.8 Å². The fraction of sp³-hybridized carbons (Fsp3) is 0.786. The molecule has 13 heteroatoms. The molecule has 0 fully saturated rings. The van der Waals surface area contributed by atoms with Gasteiger partial charge in [0.2, 0.25) is 29.5 Å². The van der Waals surface area contributed by atoms with Crippen LogP contribution in [-0.2, 0) is 28.8 Å². The highest BCUT2D eigenvalue weighted by molar-refractivity contribution is 5.91. The zero-order valence-electron chi connectivity index (χ0n) is 27.2. The van der Waals surface area contributed by atoms with Crippen molar-refractivity contribution in [2.75, 3.05) is 94.6 Å². The monoisotopic (exact) mass is 587 g/mol. The van der Waals surface area contributed by atoms with Gasteiger partial charge in [0.05, 0.1) is 32.7 Å². The molecule has 0 unspecified atom stereocenters. The Morgan fingerprint density at radius 1 is 0.610 bits per heavy atom. The van der Waals surface area contributed by atoms with E-state index < -0.39 is 23.6 Å². The van der Waals surface area contributed by atoms with Crippen molar-refractivity contribution in [1.29, 1.82) is 0 Å². The molecule has 0 aliphatic heterocycles. The van der Waals surface area contributed by atoms with E-state index in [1.165, 1.54) is 75.7 Å². The molecule has 0 radical (unpaired) electrons. The number of hydrogen-bond donors (Lipinski definition) is 2. The lowest BCUT2D eigenvalue weighted by atomic mass is 10.2. The Morgan fingerprint density at radius 3 is 1.34 bits per heavy atom. The van der Waals surface area contributed by atoms with Crippen LogP contribution in [0.25, 0.3) is 0 Å². The second-order valence-corrected chi connectivity index (χ2v) is 9.35. The molecule has 13 nitrogen and oxygen atoms in total. The number of nitrogens with zero attached hydrogens (tertiary/aromatic N) is 5. The van der Waals surface area contributed by atoms with Crippen LogP contribution in [0, 0.1) is 0 Å². The van der Waals surface area contributed by atoms with E-state index in [1.54, 1.807) is 0 Å². The maximum absolute atomic E-state index is 12.4. The summed E-state index contributed by atoms with van der Waals surface area (Å²) in [4.78, 5) is 77.4. The predicted molar refractivity (Wildman–Crippen MR) is 162 cm³/mol. The van der Waals surface area contributed by atoms with Gasteiger partial charge in [-0.15, -0.1) is 0 Å². The first-order valence-corrected chi connectivity index (χ1v) is 14.3. The van der Waals surface area contributed by atoms with Crippen LogP contribution in [0.2, 0.25) is 0 Å². The molecule has 0 atom stereocenters. The number of nitrogens with one attached hydrogen (secondary N) is 2. The molecule has 0 aromatic heterocycles. The van der Waals surface area contributed by atoms with Crippen LogP contribution in [-0.4, -0.2) is 155 Å². The third kappa shape index (κ3) is 22.3. The van der Waals surface area contributed by atoms with Crippen LogP contribution >= 0.6 is 0 Å². The first-order chi connectivity index (χ1) is 19.4. The molecule has 41 heavy (non-hydrogen) atoms. The molecule has 0 heterocycles. The Morgan fingerprint density at radius 2 is 1.00 bits per heavy atom. The summed E-state index contributed by atoms with van der Waals surface area (Å²) in [7, 11) is 9.26. The highest BCUT2D eigenvalue weighted by Crippen LogP contribution is 1.98. The molecule has 0 spiro atoms. The van der Waals surface area contributed by atoms with E-state index in [0.29, 0.717) is 12.8 Å². The minimum atomic E-state index is -0.465. The zero-order valence-corrected chi connectivity index (χ0v) is 27.2. The molecule has 240 valence electrons. The van der Waals surface area contributed by atoms with Gasteiger partial charge in [-0.25, -0.2) is 0 Å². The van der Waals surface area contributed by atoms with Crippen molar-refractivity contribution in [2.45, 2.75) is 53.4 Å². The molecular formula is C28H57N7O6. The van der Waals surface area contributed by atoms with E-state index in [0.717, 1.165) is 16.3 Å². The first kappa shape index (κ1) is 42.4. The Bertz CT molecular complexity index is 762. The van der Waals surface area contributed by atoms with E-state index in [9.17, 15) is 28.8 Å². The van der Waals surface area contributed by atoms with Crippen LogP contribution in [0.3, 0.4) is 0 Å². The smallest absolute Gasteiger partial charge is 0.242 e. The van der Waals surface area contributed by atoms with Gasteiger partial charge in [0.1, 0.15) is 6.29 Å². The fourth-order valence-corrected chi connectivity index (χ4v) is 2.98. The minimum Gasteiger partial charge on any atom is -0.337 e. The number of carbonyl (C=O) groups is 6. The van der Waals surface area contributed by atoms with Gasteiger partial charge in [-0.2, -0.15) is 0 Å². The summed E-state index contributed by atoms with van der Waals surface area (Å²) in [6.45, 7) is 9.61. The Balaban J connectivity index is -0.00000139. The van der Waals surface area contributed by atoms with Crippen LogP contribution in [0.1, 0.15) is 53.4 Å². The maximum atomic E-state index is 12.4. The molecule has 0 saturated heterocycles. The number of hydrogen-bond acceptors (Lipinski definition) is 8. The molecule has 5 amide bonds. The van der Waals surface area contributed by atoms with Crippen molar-refractivity contribution in [3.8, 4) is 0 Å². The maximum Gasteiger partial charge on any atom is 0.242 e. The third-order valence-electron chi connectivity index (χ3n) is 5.76. The number of carbonyl (C=O) groups excluding carboxylic acids is 6. The average molecular weight is 588 g/mol. The summed E-state index contributed by atoms with van der Waals surface area (Å²) in [6, 6.07) is 0. The van der Waals surface area contributed by atoms with Crippen molar-refractivity contribution >= 4 is 35.8 Å². The van der Waals surface area contributed by atoms with Crippen molar-refractivity contribution in [3.63, 3.8) is 0 Å². The normalized spacial score (nSPS) is 9.71. The van der Waals surface area contributed by atoms with E-state index in [2.05, 4.69) is 17.6 Å². The molecule has 0 aromatic rings. The minimum absolute atomic E-state index is 0.0734. The first-order valence-electron chi connectivity index (χ1n) is 14.3. The van der Waals surface area contributed by atoms with Gasteiger partial charge in [-0.1, -0.05) is 40.5 Å². The van der Waals surface area contributed by atoms with Crippen LogP contribution < -0.4 is 10.6 Å². The van der Waals surface area contributed by atoms with E-state index in [4.69, 9.17) is 0 Å². The lowest BCUT2D eigenvalue weighted by Gasteiger charge is -2.26. The van der Waals surface area contributed by atoms with Gasteiger partial charge in [0.15, 0.2) is 0 Å². The Hall–Kier alpha value is -3.06. The van der Waals surface area contributed by atoms with Crippen molar-refractivity contribution < 1.29 is 28.8 Å². The quantitative estimate of drug-likeness (QED) is 0.167. The van der Waals surface area contributed by atoms with Crippen LogP contribution in [0.15, 0.2) is 0 Å². The molecular weight excluding hydrogens is 530 g/mol. The van der Waals surface area contributed by atoms with Crippen LogP contribution in [0.5, 0.6) is 0 Å². The molecule has 0 aliphatic carbocycles. The topological polar surface area (TPSA) is 143 Å². The van der Waals surface area contributed by atoms with Gasteiger partial charge in [-0.3, -0.25) is 24.0 Å². The highest BCUT2D eigenvalue weighted by Gasteiger charge is 2.22. The third-order valence-corrected chi connectivity index (χ3v) is 5.76. The SMILES string of the molecule is CC.CCCCCNC.CCNCCC(=O)N(C)CC(=O)N(C)CC(=O)N(C)CC(=O)N(C)CC(=O)N(C)CC=O. The summed E-state index contributed by atoms with van der Waals surface area (Å²) in [5, 5.41) is 6.14. The zero-order chi connectivity index (χ0) is 32.4. The average Bonchev–Trinajstić information content (AvgIpc) is 2.94. The van der Waals surface area contributed by atoms with Crippen molar-refractivity contribution in [2.24, 2.45) is 0 Å². The summed E-state index contributed by atoms with van der Waals surface area (Å²) >= 11 is 0. The Kier molecular flexibility index (Phi) is 28.1. The Labute approximate surface area is 247 Å². The second-order valence-electron chi connectivity index (χ2n) is 9.35. The van der Waals surface area contributed by atoms with Gasteiger partial charge in [0.25, 0.3) is 0 Å². The molecule has 0 saturated carbocycles. The number of aldehydes is 1. The number of unbranched alkanes of at least 4 members (excludes halogenated alkanes) is 2. The number of rotatable bonds is 18. The largest absolute Gasteiger partial charge is 0.337 e. The number of likely N-dealkylation sites (N-methyl/N-ethyl adjacent to an activating group) is 5. The van der Waals surface area contributed by atoms with Crippen molar-refractivity contribution in [3.05, 3.63) is 0 Å². The van der Waals surface area contributed by atoms with Gasteiger partial charge < -0.3 is 39.9 Å². The van der Waals surface area contributed by atoms with Gasteiger partial charge in [0, 0.05) is 48.2 Å². The highest BCUT2D eigenvalue weighted by atomic mass is 16.2. The summed E-state index contributed by atoms with van der Waals surface area (Å²) < 4.78 is 0. The lowest BCUT2D eigenvalue weighted by Crippen LogP contribution is -2.47. The molecule has 2 N–H and O–H groups in total. The van der Waals surface area contributed by atoms with Gasteiger partial charge >= 0.3 is 0 Å². The molecule has 0 aromatic carbocycles. The molecule has 0 bridgehead atoms. The number of amides is 5. The van der Waals surface area contributed by atoms with Gasteiger partial charge in [-0.05, 0) is 26.6 Å².